The summed E-state index contributed by atoms with van der Waals surface area (Å²) in [5.74, 6) is -0.899. The minimum atomic E-state index is -0.759. The molecule has 0 unspecified atom stereocenters. The van der Waals surface area contributed by atoms with Crippen LogP contribution in [-0.4, -0.2) is 66.8 Å². The van der Waals surface area contributed by atoms with Gasteiger partial charge in [0.2, 0.25) is 5.91 Å². The summed E-state index contributed by atoms with van der Waals surface area (Å²) in [7, 11) is 2.09. The molecule has 1 aromatic rings. The number of carbonyl (C=O) groups excluding carboxylic acids is 3. The highest BCUT2D eigenvalue weighted by atomic mass is 16.2. The van der Waals surface area contributed by atoms with Gasteiger partial charge in [0.05, 0.1) is 44.4 Å². The van der Waals surface area contributed by atoms with Crippen molar-refractivity contribution in [3.8, 4) is 0 Å². The van der Waals surface area contributed by atoms with Gasteiger partial charge in [0.1, 0.15) is 6.04 Å². The predicted molar refractivity (Wildman–Crippen MR) is 79.6 cm³/mol. The van der Waals surface area contributed by atoms with E-state index in [9.17, 15) is 14.4 Å². The molecule has 1 fully saturated rings. The van der Waals surface area contributed by atoms with Gasteiger partial charge in [-0.3, -0.25) is 19.3 Å². The van der Waals surface area contributed by atoms with E-state index in [4.69, 9.17) is 0 Å². The zero-order chi connectivity index (χ0) is 15.9. The lowest BCUT2D eigenvalue weighted by Crippen LogP contribution is -3.12. The second kappa shape index (κ2) is 5.53. The number of nitrogens with zero attached hydrogens (tertiary/aromatic N) is 2. The van der Waals surface area contributed by atoms with Gasteiger partial charge in [-0.25, -0.2) is 0 Å². The number of quaternary nitrogens is 1. The first-order chi connectivity index (χ1) is 10.5. The van der Waals surface area contributed by atoms with Crippen LogP contribution in [0.2, 0.25) is 0 Å². The van der Waals surface area contributed by atoms with Gasteiger partial charge in [0.25, 0.3) is 11.8 Å². The number of rotatable bonds is 2. The minimum absolute atomic E-state index is 0.151. The van der Waals surface area contributed by atoms with Crippen molar-refractivity contribution < 1.29 is 19.3 Å². The first-order valence-electron chi connectivity index (χ1n) is 7.57. The van der Waals surface area contributed by atoms with Gasteiger partial charge >= 0.3 is 0 Å². The lowest BCUT2D eigenvalue weighted by atomic mass is 10.1. The molecule has 1 N–H and O–H groups in total. The van der Waals surface area contributed by atoms with Crippen LogP contribution in [0.15, 0.2) is 24.3 Å². The molecular formula is C16H20N3O3+. The number of amides is 3. The van der Waals surface area contributed by atoms with Crippen molar-refractivity contribution in [2.24, 2.45) is 0 Å². The van der Waals surface area contributed by atoms with Gasteiger partial charge in [-0.15, -0.1) is 0 Å². The van der Waals surface area contributed by atoms with Gasteiger partial charge in [-0.05, 0) is 19.1 Å². The third-order valence-electron chi connectivity index (χ3n) is 4.50. The number of piperazine rings is 1. The molecule has 1 aromatic carbocycles. The summed E-state index contributed by atoms with van der Waals surface area (Å²) in [5, 5.41) is 0. The molecule has 2 heterocycles. The lowest BCUT2D eigenvalue weighted by Gasteiger charge is -2.33. The Morgan fingerprint density at radius 2 is 1.59 bits per heavy atom. The van der Waals surface area contributed by atoms with Crippen LogP contribution in [-0.2, 0) is 4.79 Å². The molecule has 0 spiro atoms. The molecule has 22 heavy (non-hydrogen) atoms. The quantitative estimate of drug-likeness (QED) is 0.715. The second-order valence-electron chi connectivity index (χ2n) is 5.98. The summed E-state index contributed by atoms with van der Waals surface area (Å²) >= 11 is 0. The summed E-state index contributed by atoms with van der Waals surface area (Å²) in [6.07, 6.45) is 0. The van der Waals surface area contributed by atoms with E-state index in [0.717, 1.165) is 18.0 Å². The number of imide groups is 1. The number of hydrogen-bond acceptors (Lipinski definition) is 3. The van der Waals surface area contributed by atoms with Crippen LogP contribution in [0, 0.1) is 0 Å². The zero-order valence-electron chi connectivity index (χ0n) is 12.8. The molecule has 3 amide bonds. The number of hydrogen-bond donors (Lipinski definition) is 1. The molecule has 2 aliphatic heterocycles. The second-order valence-corrected chi connectivity index (χ2v) is 5.98. The van der Waals surface area contributed by atoms with Crippen LogP contribution in [0.3, 0.4) is 0 Å². The fraction of sp³-hybridized carbons (Fsp3) is 0.438. The maximum absolute atomic E-state index is 12.6. The topological polar surface area (TPSA) is 62.1 Å². The molecule has 2 aliphatic rings. The largest absolute Gasteiger partial charge is 0.334 e. The molecule has 6 heteroatoms. The van der Waals surface area contributed by atoms with Crippen molar-refractivity contribution in [2.45, 2.75) is 13.0 Å². The van der Waals surface area contributed by atoms with Crippen molar-refractivity contribution >= 4 is 17.7 Å². The van der Waals surface area contributed by atoms with Crippen molar-refractivity contribution in [1.82, 2.24) is 9.80 Å². The summed E-state index contributed by atoms with van der Waals surface area (Å²) in [6, 6.07) is 5.95. The summed E-state index contributed by atoms with van der Waals surface area (Å²) in [6.45, 7) is 4.74. The highest BCUT2D eigenvalue weighted by Gasteiger charge is 2.42. The van der Waals surface area contributed by atoms with E-state index in [0.29, 0.717) is 24.2 Å². The first-order valence-corrected chi connectivity index (χ1v) is 7.57. The van der Waals surface area contributed by atoms with E-state index < -0.39 is 6.04 Å². The SMILES string of the molecule is C[C@@H](C(=O)N1CC[NH+](C)CC1)N1C(=O)c2ccccc2C1=O. The number of fused-ring (bicyclic) bond motifs is 1. The first kappa shape index (κ1) is 14.7. The number of nitrogens with one attached hydrogen (secondary N) is 1. The maximum Gasteiger partial charge on any atom is 0.262 e. The Kier molecular flexibility index (Phi) is 3.70. The van der Waals surface area contributed by atoms with Crippen molar-refractivity contribution in [3.63, 3.8) is 0 Å². The molecule has 3 rings (SSSR count). The highest BCUT2D eigenvalue weighted by molar-refractivity contribution is 6.22. The van der Waals surface area contributed by atoms with Crippen LogP contribution >= 0.6 is 0 Å². The monoisotopic (exact) mass is 302 g/mol. The van der Waals surface area contributed by atoms with Gasteiger partial charge in [-0.1, -0.05) is 12.1 Å². The fourth-order valence-electron chi connectivity index (χ4n) is 3.04. The summed E-state index contributed by atoms with van der Waals surface area (Å²) in [4.78, 5) is 41.7. The Morgan fingerprint density at radius 3 is 2.09 bits per heavy atom. The average molecular weight is 302 g/mol. The van der Waals surface area contributed by atoms with Gasteiger partial charge in [0.15, 0.2) is 0 Å². The maximum atomic E-state index is 12.6. The Bertz CT molecular complexity index is 600. The average Bonchev–Trinajstić information content (AvgIpc) is 2.79. The van der Waals surface area contributed by atoms with Crippen LogP contribution in [0.1, 0.15) is 27.6 Å². The molecule has 1 atom stereocenters. The third-order valence-corrected chi connectivity index (χ3v) is 4.50. The highest BCUT2D eigenvalue weighted by Crippen LogP contribution is 2.25. The third kappa shape index (κ3) is 2.29. The molecule has 0 bridgehead atoms. The molecule has 0 aliphatic carbocycles. The van der Waals surface area contributed by atoms with E-state index in [1.54, 1.807) is 36.1 Å². The Morgan fingerprint density at radius 1 is 1.09 bits per heavy atom. The fourth-order valence-corrected chi connectivity index (χ4v) is 3.04. The number of benzene rings is 1. The van der Waals surface area contributed by atoms with E-state index in [1.165, 1.54) is 4.90 Å². The molecular weight excluding hydrogens is 282 g/mol. The van der Waals surface area contributed by atoms with Crippen molar-refractivity contribution in [1.29, 1.82) is 0 Å². The standard InChI is InChI=1S/C16H19N3O3/c1-11(14(20)18-9-7-17(2)8-10-18)19-15(21)12-5-3-4-6-13(12)16(19)22/h3-6,11H,7-10H2,1-2H3/p+1/t11-/m0/s1. The van der Waals surface area contributed by atoms with Gasteiger partial charge < -0.3 is 9.80 Å². The van der Waals surface area contributed by atoms with E-state index in [2.05, 4.69) is 7.05 Å². The number of carbonyl (C=O) groups is 3. The van der Waals surface area contributed by atoms with Crippen molar-refractivity contribution in [3.05, 3.63) is 35.4 Å². The predicted octanol–water partition coefficient (Wildman–Crippen LogP) is -0.972. The summed E-state index contributed by atoms with van der Waals surface area (Å²) < 4.78 is 0. The van der Waals surface area contributed by atoms with Crippen LogP contribution in [0.5, 0.6) is 0 Å². The summed E-state index contributed by atoms with van der Waals surface area (Å²) in [5.41, 5.74) is 0.768. The normalized spacial score (nSPS) is 20.3. The molecule has 116 valence electrons. The van der Waals surface area contributed by atoms with E-state index in [1.807, 2.05) is 0 Å². The Labute approximate surface area is 129 Å². The molecule has 6 nitrogen and oxygen atoms in total. The molecule has 0 saturated carbocycles. The zero-order valence-corrected chi connectivity index (χ0v) is 12.8. The smallest absolute Gasteiger partial charge is 0.262 e. The van der Waals surface area contributed by atoms with Crippen LogP contribution in [0.4, 0.5) is 0 Å². The Balaban J connectivity index is 1.79. The minimum Gasteiger partial charge on any atom is -0.334 e. The van der Waals surface area contributed by atoms with E-state index in [-0.39, 0.29) is 17.7 Å². The van der Waals surface area contributed by atoms with E-state index >= 15 is 0 Å². The van der Waals surface area contributed by atoms with Gasteiger partial charge in [0, 0.05) is 0 Å². The van der Waals surface area contributed by atoms with Gasteiger partial charge in [-0.2, -0.15) is 0 Å². The molecule has 0 aromatic heterocycles. The number of likely N-dealkylation sites (N-methyl/N-ethyl adjacent to an activating group) is 1. The Hall–Kier alpha value is -2.21. The van der Waals surface area contributed by atoms with Crippen LogP contribution in [0.25, 0.3) is 0 Å². The molecule has 1 saturated heterocycles. The van der Waals surface area contributed by atoms with Crippen LogP contribution < -0.4 is 4.90 Å². The lowest BCUT2D eigenvalue weighted by molar-refractivity contribution is -0.883. The van der Waals surface area contributed by atoms with Crippen molar-refractivity contribution in [2.75, 3.05) is 33.2 Å². The molecule has 0 radical (unpaired) electrons.